The number of ether oxygens (including phenoxy) is 1. The number of nitrogens with one attached hydrogen (secondary N) is 1. The van der Waals surface area contributed by atoms with E-state index in [0.717, 1.165) is 57.2 Å². The van der Waals surface area contributed by atoms with Crippen LogP contribution in [0.15, 0.2) is 60.7 Å². The lowest BCUT2D eigenvalue weighted by Crippen LogP contribution is -2.48. The summed E-state index contributed by atoms with van der Waals surface area (Å²) in [5.41, 5.74) is 5.27. The maximum absolute atomic E-state index is 13.0. The van der Waals surface area contributed by atoms with Crippen molar-refractivity contribution in [1.29, 1.82) is 0 Å². The molecule has 1 aliphatic rings. The van der Waals surface area contributed by atoms with Crippen molar-refractivity contribution >= 4 is 28.3 Å². The largest absolute Gasteiger partial charge is 0.479 e. The van der Waals surface area contributed by atoms with Gasteiger partial charge in [0.25, 0.3) is 5.91 Å². The number of hydrogen-bond acceptors (Lipinski definition) is 5. The van der Waals surface area contributed by atoms with Gasteiger partial charge in [0.05, 0.1) is 0 Å². The highest BCUT2D eigenvalue weighted by molar-refractivity contribution is 5.87. The minimum atomic E-state index is -1.90. The number of aliphatic hydroxyl groups excluding tert-OH is 1. The summed E-state index contributed by atoms with van der Waals surface area (Å²) >= 11 is 0. The summed E-state index contributed by atoms with van der Waals surface area (Å²) in [6.07, 6.45) is 5.35. The van der Waals surface area contributed by atoms with Crippen LogP contribution in [0.4, 0.5) is 5.69 Å². The average Bonchev–Trinajstić information content (AvgIpc) is 3.44. The molecule has 0 aliphatic heterocycles. The van der Waals surface area contributed by atoms with E-state index in [1.807, 2.05) is 12.1 Å². The van der Waals surface area contributed by atoms with Crippen LogP contribution in [0.2, 0.25) is 0 Å². The predicted molar refractivity (Wildman–Crippen MR) is 159 cm³/mol. The summed E-state index contributed by atoms with van der Waals surface area (Å²) in [5.74, 6) is -1.96. The zero-order chi connectivity index (χ0) is 28.3. The fourth-order valence-corrected chi connectivity index (χ4v) is 5.36. The Kier molecular flexibility index (Phi) is 11.0. The molecular weight excluding hydrogens is 504 g/mol. The van der Waals surface area contributed by atoms with Crippen molar-refractivity contribution in [2.45, 2.75) is 70.0 Å². The van der Waals surface area contributed by atoms with Crippen LogP contribution in [0, 0.1) is 0 Å². The van der Waals surface area contributed by atoms with E-state index >= 15 is 0 Å². The van der Waals surface area contributed by atoms with Crippen molar-refractivity contribution in [2.75, 3.05) is 32.1 Å². The Morgan fingerprint density at radius 3 is 2.55 bits per heavy atom. The molecule has 0 fully saturated rings. The molecule has 0 saturated carbocycles. The lowest BCUT2D eigenvalue weighted by atomic mass is 10.0. The Bertz CT molecular complexity index is 1280. The molecule has 0 saturated heterocycles. The van der Waals surface area contributed by atoms with Gasteiger partial charge in [0.1, 0.15) is 0 Å². The zero-order valence-corrected chi connectivity index (χ0v) is 23.5. The topological polar surface area (TPSA) is 99.1 Å². The molecule has 3 aromatic rings. The van der Waals surface area contributed by atoms with Crippen LogP contribution >= 0.6 is 0 Å². The lowest BCUT2D eigenvalue weighted by molar-refractivity contribution is -0.166. The zero-order valence-electron chi connectivity index (χ0n) is 23.5. The van der Waals surface area contributed by atoms with Crippen molar-refractivity contribution in [3.05, 3.63) is 77.4 Å². The number of benzene rings is 3. The number of carbonyl (C=O) groups is 2. The third-order valence-electron chi connectivity index (χ3n) is 7.73. The first-order chi connectivity index (χ1) is 19.4. The van der Waals surface area contributed by atoms with Gasteiger partial charge in [0, 0.05) is 32.4 Å². The molecule has 4 rings (SSSR count). The number of carboxylic acid groups (broad SMARTS) is 1. The number of aliphatic hydroxyl groups is 1. The number of unbranched alkanes of at least 4 members (excludes halogenated alkanes) is 3. The molecule has 0 aromatic heterocycles. The number of rotatable bonds is 16. The summed E-state index contributed by atoms with van der Waals surface area (Å²) in [5, 5.41) is 25.4. The van der Waals surface area contributed by atoms with Gasteiger partial charge in [-0.2, -0.15) is 0 Å². The molecule has 0 spiro atoms. The maximum atomic E-state index is 13.0. The first-order valence-corrected chi connectivity index (χ1v) is 14.5. The number of nitrogens with zero attached hydrogens (tertiary/aromatic N) is 1. The number of carboxylic acids is 1. The van der Waals surface area contributed by atoms with Gasteiger partial charge in [-0.3, -0.25) is 4.79 Å². The molecule has 2 atom stereocenters. The Morgan fingerprint density at radius 2 is 1.73 bits per heavy atom. The van der Waals surface area contributed by atoms with Gasteiger partial charge < -0.3 is 25.2 Å². The maximum Gasteiger partial charge on any atom is 0.335 e. The van der Waals surface area contributed by atoms with Crippen molar-refractivity contribution < 1.29 is 24.5 Å². The van der Waals surface area contributed by atoms with E-state index in [4.69, 9.17) is 4.74 Å². The minimum absolute atomic E-state index is 0.201. The van der Waals surface area contributed by atoms with Crippen molar-refractivity contribution in [3.63, 3.8) is 0 Å². The van der Waals surface area contributed by atoms with Crippen LogP contribution in [-0.2, 0) is 33.6 Å². The van der Waals surface area contributed by atoms with E-state index in [9.17, 15) is 19.8 Å². The Labute approximate surface area is 237 Å². The summed E-state index contributed by atoms with van der Waals surface area (Å²) < 4.78 is 5.63. The third kappa shape index (κ3) is 8.29. The minimum Gasteiger partial charge on any atom is -0.479 e. The average molecular weight is 547 g/mol. The molecule has 7 nitrogen and oxygen atoms in total. The number of aryl methyl sites for hydroxylation is 3. The molecule has 0 radical (unpaired) electrons. The monoisotopic (exact) mass is 546 g/mol. The van der Waals surface area contributed by atoms with Crippen LogP contribution in [0.5, 0.6) is 0 Å². The highest BCUT2D eigenvalue weighted by Crippen LogP contribution is 2.25. The first kappa shape index (κ1) is 29.6. The van der Waals surface area contributed by atoms with Crippen LogP contribution in [0.3, 0.4) is 0 Å². The second kappa shape index (κ2) is 14.8. The molecule has 1 amide bonds. The van der Waals surface area contributed by atoms with Gasteiger partial charge in [-0.15, -0.1) is 0 Å². The molecule has 7 heteroatoms. The summed E-state index contributed by atoms with van der Waals surface area (Å²) in [7, 11) is 1.64. The smallest absolute Gasteiger partial charge is 0.335 e. The lowest BCUT2D eigenvalue weighted by Gasteiger charge is -2.25. The predicted octanol–water partition coefficient (Wildman–Crippen LogP) is 5.22. The summed E-state index contributed by atoms with van der Waals surface area (Å²) in [6.45, 7) is 1.43. The second-order valence-electron chi connectivity index (χ2n) is 10.8. The van der Waals surface area contributed by atoms with E-state index in [1.165, 1.54) is 38.8 Å². The van der Waals surface area contributed by atoms with E-state index in [1.54, 1.807) is 7.05 Å². The summed E-state index contributed by atoms with van der Waals surface area (Å²) in [6, 6.07) is 21.4. The number of hydrogen-bond donors (Lipinski definition) is 3. The Balaban J connectivity index is 1.15. The van der Waals surface area contributed by atoms with E-state index in [-0.39, 0.29) is 6.61 Å². The van der Waals surface area contributed by atoms with Gasteiger partial charge in [-0.05, 0) is 91.0 Å². The number of amides is 1. The molecule has 1 aliphatic carbocycles. The SMILES string of the molecule is CN(CCCCCc1ccc2ccccc2c1)C(=O)C(OCCCCNc1ccc2c(c1)CCC2)C(O)C(=O)O. The van der Waals surface area contributed by atoms with Crippen molar-refractivity contribution in [1.82, 2.24) is 4.90 Å². The van der Waals surface area contributed by atoms with Crippen molar-refractivity contribution in [2.24, 2.45) is 0 Å². The molecule has 3 aromatic carbocycles. The van der Waals surface area contributed by atoms with Crippen LogP contribution in [-0.4, -0.2) is 65.9 Å². The van der Waals surface area contributed by atoms with E-state index in [2.05, 4.69) is 53.8 Å². The molecule has 2 unspecified atom stereocenters. The number of likely N-dealkylation sites (N-methyl/N-ethyl adjacent to an activating group) is 1. The highest BCUT2D eigenvalue weighted by atomic mass is 16.5. The Hall–Kier alpha value is -3.42. The number of carbonyl (C=O) groups excluding carboxylic acids is 1. The first-order valence-electron chi connectivity index (χ1n) is 14.5. The van der Waals surface area contributed by atoms with Gasteiger partial charge >= 0.3 is 5.97 Å². The fourth-order valence-electron chi connectivity index (χ4n) is 5.36. The molecule has 3 N–H and O–H groups in total. The Morgan fingerprint density at radius 1 is 0.925 bits per heavy atom. The van der Waals surface area contributed by atoms with Crippen LogP contribution in [0.1, 0.15) is 55.2 Å². The number of aliphatic carboxylic acids is 1. The highest BCUT2D eigenvalue weighted by Gasteiger charge is 2.34. The number of anilines is 1. The normalized spacial score (nSPS) is 14.1. The van der Waals surface area contributed by atoms with Gasteiger partial charge in [0.15, 0.2) is 12.2 Å². The third-order valence-corrected chi connectivity index (χ3v) is 7.73. The molecule has 0 bridgehead atoms. The van der Waals surface area contributed by atoms with Crippen LogP contribution < -0.4 is 5.32 Å². The van der Waals surface area contributed by atoms with Crippen molar-refractivity contribution in [3.8, 4) is 0 Å². The van der Waals surface area contributed by atoms with Gasteiger partial charge in [-0.1, -0.05) is 55.0 Å². The molecular formula is C33H42N2O5. The van der Waals surface area contributed by atoms with E-state index in [0.29, 0.717) is 13.0 Å². The van der Waals surface area contributed by atoms with Gasteiger partial charge in [0.2, 0.25) is 0 Å². The molecule has 40 heavy (non-hydrogen) atoms. The van der Waals surface area contributed by atoms with E-state index < -0.39 is 24.1 Å². The second-order valence-corrected chi connectivity index (χ2v) is 10.8. The standard InChI is InChI=1S/C33H42N2O5/c1-35(20-7-2-3-10-24-15-16-25-11-4-5-12-27(25)22-24)32(37)31(30(36)33(38)39)40-21-8-6-19-34-29-18-17-26-13-9-14-28(26)23-29/h4-5,11-12,15-18,22-23,30-31,34,36H,2-3,6-10,13-14,19-21H2,1H3,(H,38,39). The number of fused-ring (bicyclic) bond motifs is 2. The fraction of sp³-hybridized carbons (Fsp3) is 0.455. The summed E-state index contributed by atoms with van der Waals surface area (Å²) in [4.78, 5) is 25.9. The van der Waals surface area contributed by atoms with Gasteiger partial charge in [-0.25, -0.2) is 4.79 Å². The quantitative estimate of drug-likeness (QED) is 0.213. The molecule has 214 valence electrons. The van der Waals surface area contributed by atoms with Crippen LogP contribution in [0.25, 0.3) is 10.8 Å². The molecule has 0 heterocycles.